The summed E-state index contributed by atoms with van der Waals surface area (Å²) in [7, 11) is 0. The first kappa shape index (κ1) is 15.7. The highest BCUT2D eigenvalue weighted by molar-refractivity contribution is 4.85. The summed E-state index contributed by atoms with van der Waals surface area (Å²) in [5, 5.41) is 3.75. The molecule has 1 atom stereocenters. The lowest BCUT2D eigenvalue weighted by atomic mass is 9.90. The van der Waals surface area contributed by atoms with Crippen molar-refractivity contribution in [2.24, 2.45) is 5.92 Å². The van der Waals surface area contributed by atoms with Gasteiger partial charge in [-0.3, -0.25) is 4.90 Å². The molecule has 1 N–H and O–H groups in total. The van der Waals surface area contributed by atoms with Crippen molar-refractivity contribution in [2.45, 2.75) is 44.4 Å². The third-order valence-corrected chi connectivity index (χ3v) is 4.99. The number of hydrogen-bond donors (Lipinski definition) is 1. The van der Waals surface area contributed by atoms with Crippen LogP contribution in [0.25, 0.3) is 0 Å². The van der Waals surface area contributed by atoms with E-state index in [2.05, 4.69) is 17.1 Å². The molecule has 5 nitrogen and oxygen atoms in total. The van der Waals surface area contributed by atoms with Crippen molar-refractivity contribution in [1.29, 1.82) is 0 Å². The number of morpholine rings is 1. The fourth-order valence-corrected chi connectivity index (χ4v) is 3.70. The molecule has 1 saturated carbocycles. The van der Waals surface area contributed by atoms with Gasteiger partial charge in [-0.25, -0.2) is 0 Å². The summed E-state index contributed by atoms with van der Waals surface area (Å²) in [5.74, 6) is 0.468. The van der Waals surface area contributed by atoms with Crippen LogP contribution in [0.5, 0.6) is 0 Å². The molecule has 0 aromatic rings. The normalized spacial score (nSPS) is 29.0. The van der Waals surface area contributed by atoms with Gasteiger partial charge in [0, 0.05) is 38.5 Å². The summed E-state index contributed by atoms with van der Waals surface area (Å²) in [6.45, 7) is 10.1. The summed E-state index contributed by atoms with van der Waals surface area (Å²) < 4.78 is 17.0. The molecule has 0 radical (unpaired) electrons. The van der Waals surface area contributed by atoms with Gasteiger partial charge in [-0.05, 0) is 25.3 Å². The molecule has 0 amide bonds. The van der Waals surface area contributed by atoms with Gasteiger partial charge in [0.15, 0.2) is 5.79 Å². The molecule has 3 fully saturated rings. The van der Waals surface area contributed by atoms with Crippen LogP contribution in [-0.2, 0) is 14.2 Å². The van der Waals surface area contributed by atoms with E-state index in [0.717, 1.165) is 58.9 Å². The van der Waals surface area contributed by atoms with E-state index in [4.69, 9.17) is 14.2 Å². The molecule has 2 saturated heterocycles. The molecule has 1 aliphatic carbocycles. The zero-order chi connectivity index (χ0) is 14.5. The Morgan fingerprint density at radius 3 is 2.43 bits per heavy atom. The molecule has 21 heavy (non-hydrogen) atoms. The summed E-state index contributed by atoms with van der Waals surface area (Å²) in [4.78, 5) is 2.52. The Labute approximate surface area is 128 Å². The summed E-state index contributed by atoms with van der Waals surface area (Å²) in [5.41, 5.74) is 0. The highest BCUT2D eigenvalue weighted by Gasteiger charge is 2.40. The van der Waals surface area contributed by atoms with Gasteiger partial charge >= 0.3 is 0 Å². The summed E-state index contributed by atoms with van der Waals surface area (Å²) in [6.07, 6.45) is 4.43. The van der Waals surface area contributed by atoms with Gasteiger partial charge in [-0.15, -0.1) is 0 Å². The Morgan fingerprint density at radius 1 is 1.10 bits per heavy atom. The van der Waals surface area contributed by atoms with Crippen LogP contribution in [0.1, 0.15) is 32.6 Å². The Morgan fingerprint density at radius 2 is 1.76 bits per heavy atom. The van der Waals surface area contributed by atoms with Crippen LogP contribution < -0.4 is 5.32 Å². The van der Waals surface area contributed by atoms with Gasteiger partial charge in [0.1, 0.15) is 0 Å². The van der Waals surface area contributed by atoms with E-state index in [1.54, 1.807) is 0 Å². The number of hydrogen-bond acceptors (Lipinski definition) is 5. The Balaban J connectivity index is 1.32. The maximum atomic E-state index is 5.79. The molecular formula is C16H30N2O3. The maximum absolute atomic E-state index is 5.79. The number of nitrogens with zero attached hydrogens (tertiary/aromatic N) is 1. The predicted molar refractivity (Wildman–Crippen MR) is 81.3 cm³/mol. The van der Waals surface area contributed by atoms with E-state index in [0.29, 0.717) is 12.0 Å². The van der Waals surface area contributed by atoms with E-state index in [9.17, 15) is 0 Å². The minimum atomic E-state index is -0.225. The van der Waals surface area contributed by atoms with Crippen LogP contribution in [0, 0.1) is 5.92 Å². The van der Waals surface area contributed by atoms with Crippen LogP contribution in [0.4, 0.5) is 0 Å². The van der Waals surface area contributed by atoms with Crippen LogP contribution in [-0.4, -0.2) is 69.3 Å². The lowest BCUT2D eigenvalue weighted by Crippen LogP contribution is -2.45. The standard InChI is InChI=1S/C16H30N2O3/c1-14(13-18-6-8-19-9-7-18)12-17-15-2-4-16(5-3-15)20-10-11-21-16/h14-15,17H,2-13H2,1H3. The van der Waals surface area contributed by atoms with Crippen LogP contribution in [0.3, 0.4) is 0 Å². The maximum Gasteiger partial charge on any atom is 0.168 e. The number of ether oxygens (including phenoxy) is 3. The lowest BCUT2D eigenvalue weighted by Gasteiger charge is -2.36. The fourth-order valence-electron chi connectivity index (χ4n) is 3.70. The second-order valence-corrected chi connectivity index (χ2v) is 6.81. The first-order valence-corrected chi connectivity index (χ1v) is 8.57. The molecule has 1 spiro atoms. The molecule has 3 rings (SSSR count). The van der Waals surface area contributed by atoms with Crippen LogP contribution in [0.2, 0.25) is 0 Å². The molecule has 1 unspecified atom stereocenters. The highest BCUT2D eigenvalue weighted by atomic mass is 16.7. The van der Waals surface area contributed by atoms with Gasteiger partial charge in [0.2, 0.25) is 0 Å². The van der Waals surface area contributed by atoms with Crippen LogP contribution >= 0.6 is 0 Å². The Kier molecular flexibility index (Phi) is 5.51. The zero-order valence-corrected chi connectivity index (χ0v) is 13.3. The van der Waals surface area contributed by atoms with Gasteiger partial charge in [-0.1, -0.05) is 6.92 Å². The third-order valence-electron chi connectivity index (χ3n) is 4.99. The summed E-state index contributed by atoms with van der Waals surface area (Å²) >= 11 is 0. The number of nitrogens with one attached hydrogen (secondary N) is 1. The SMILES string of the molecule is CC(CNC1CCC2(CC1)OCCO2)CN1CCOCC1. The van der Waals surface area contributed by atoms with Crippen molar-refractivity contribution < 1.29 is 14.2 Å². The third kappa shape index (κ3) is 4.39. The van der Waals surface area contributed by atoms with E-state index in [1.165, 1.54) is 19.4 Å². The van der Waals surface area contributed by atoms with Crippen LogP contribution in [0.15, 0.2) is 0 Å². The van der Waals surface area contributed by atoms with Crippen molar-refractivity contribution in [3.8, 4) is 0 Å². The minimum Gasteiger partial charge on any atom is -0.379 e. The average Bonchev–Trinajstić information content (AvgIpc) is 2.96. The van der Waals surface area contributed by atoms with Gasteiger partial charge < -0.3 is 19.5 Å². The summed E-state index contributed by atoms with van der Waals surface area (Å²) in [6, 6.07) is 0.635. The van der Waals surface area contributed by atoms with Crippen molar-refractivity contribution in [3.05, 3.63) is 0 Å². The number of rotatable bonds is 5. The predicted octanol–water partition coefficient (Wildman–Crippen LogP) is 1.23. The van der Waals surface area contributed by atoms with E-state index in [-0.39, 0.29) is 5.79 Å². The van der Waals surface area contributed by atoms with E-state index < -0.39 is 0 Å². The average molecular weight is 298 g/mol. The lowest BCUT2D eigenvalue weighted by molar-refractivity contribution is -0.179. The largest absolute Gasteiger partial charge is 0.379 e. The fraction of sp³-hybridized carbons (Fsp3) is 1.00. The zero-order valence-electron chi connectivity index (χ0n) is 13.3. The first-order chi connectivity index (χ1) is 10.3. The second-order valence-electron chi connectivity index (χ2n) is 6.81. The molecule has 0 bridgehead atoms. The van der Waals surface area contributed by atoms with Crippen molar-refractivity contribution in [3.63, 3.8) is 0 Å². The van der Waals surface area contributed by atoms with Gasteiger partial charge in [0.05, 0.1) is 26.4 Å². The molecule has 2 aliphatic heterocycles. The molecule has 2 heterocycles. The highest BCUT2D eigenvalue weighted by Crippen LogP contribution is 2.35. The van der Waals surface area contributed by atoms with Crippen molar-refractivity contribution >= 4 is 0 Å². The van der Waals surface area contributed by atoms with Gasteiger partial charge in [-0.2, -0.15) is 0 Å². The Hall–Kier alpha value is -0.200. The minimum absolute atomic E-state index is 0.225. The quantitative estimate of drug-likeness (QED) is 0.827. The van der Waals surface area contributed by atoms with E-state index in [1.807, 2.05) is 0 Å². The van der Waals surface area contributed by atoms with E-state index >= 15 is 0 Å². The second kappa shape index (κ2) is 7.38. The molecule has 0 aromatic carbocycles. The van der Waals surface area contributed by atoms with Crippen molar-refractivity contribution in [2.75, 3.05) is 52.6 Å². The molecule has 3 aliphatic rings. The molecule has 5 heteroatoms. The monoisotopic (exact) mass is 298 g/mol. The topological polar surface area (TPSA) is 43.0 Å². The molecule has 0 aromatic heterocycles. The van der Waals surface area contributed by atoms with Crippen molar-refractivity contribution in [1.82, 2.24) is 10.2 Å². The van der Waals surface area contributed by atoms with Gasteiger partial charge in [0.25, 0.3) is 0 Å². The smallest absolute Gasteiger partial charge is 0.168 e. The molecular weight excluding hydrogens is 268 g/mol. The molecule has 122 valence electrons. The first-order valence-electron chi connectivity index (χ1n) is 8.57. The Bertz CT molecular complexity index is 305.